The minimum atomic E-state index is -3.52. The molecule has 8 heteroatoms. The Morgan fingerprint density at radius 3 is 2.76 bits per heavy atom. The molecule has 0 bridgehead atoms. The van der Waals surface area contributed by atoms with Gasteiger partial charge in [-0.25, -0.2) is 8.42 Å². The Hall–Kier alpha value is -0.990. The summed E-state index contributed by atoms with van der Waals surface area (Å²) in [4.78, 5) is 0. The third kappa shape index (κ3) is 2.33. The Labute approximate surface area is 101 Å². The van der Waals surface area contributed by atoms with Gasteiger partial charge in [-0.3, -0.25) is 4.68 Å². The first-order valence-electron chi connectivity index (χ1n) is 5.53. The molecule has 96 valence electrons. The monoisotopic (exact) mass is 259 g/mol. The average molecular weight is 259 g/mol. The average Bonchev–Trinajstić information content (AvgIpc) is 2.69. The van der Waals surface area contributed by atoms with Gasteiger partial charge in [-0.1, -0.05) is 5.21 Å². The lowest BCUT2D eigenvalue weighted by atomic mass is 10.2. The molecule has 0 aliphatic carbocycles. The van der Waals surface area contributed by atoms with Crippen LogP contribution in [0.5, 0.6) is 0 Å². The van der Waals surface area contributed by atoms with Crippen molar-refractivity contribution in [2.24, 2.45) is 7.05 Å². The summed E-state index contributed by atoms with van der Waals surface area (Å²) < 4.78 is 27.6. The van der Waals surface area contributed by atoms with E-state index in [0.717, 1.165) is 0 Å². The van der Waals surface area contributed by atoms with E-state index >= 15 is 0 Å². The van der Waals surface area contributed by atoms with Gasteiger partial charge in [0.05, 0.1) is 6.20 Å². The summed E-state index contributed by atoms with van der Waals surface area (Å²) in [5.74, 6) is 0. The van der Waals surface area contributed by atoms with Crippen LogP contribution in [0.25, 0.3) is 0 Å². The van der Waals surface area contributed by atoms with Crippen molar-refractivity contribution < 1.29 is 8.42 Å². The predicted molar refractivity (Wildman–Crippen MR) is 61.8 cm³/mol. The maximum absolute atomic E-state index is 12.3. The fourth-order valence-electron chi connectivity index (χ4n) is 1.89. The van der Waals surface area contributed by atoms with Crippen molar-refractivity contribution in [3.05, 3.63) is 6.20 Å². The molecule has 2 heterocycles. The van der Waals surface area contributed by atoms with Crippen LogP contribution in [0.15, 0.2) is 11.2 Å². The number of nitrogens with zero attached hydrogens (tertiary/aromatic N) is 4. The number of piperazine rings is 1. The molecule has 7 nitrogen and oxygen atoms in total. The molecule has 0 radical (unpaired) electrons. The highest BCUT2D eigenvalue weighted by atomic mass is 32.2. The maximum Gasteiger partial charge on any atom is 0.264 e. The summed E-state index contributed by atoms with van der Waals surface area (Å²) in [5, 5.41) is 10.6. The Balaban J connectivity index is 2.31. The number of nitrogens with one attached hydrogen (secondary N) is 1. The number of hydrogen-bond donors (Lipinski definition) is 1. The van der Waals surface area contributed by atoms with Crippen molar-refractivity contribution in [3.8, 4) is 0 Å². The first-order valence-corrected chi connectivity index (χ1v) is 6.97. The lowest BCUT2D eigenvalue weighted by molar-refractivity contribution is 0.244. The molecule has 0 saturated carbocycles. The van der Waals surface area contributed by atoms with E-state index in [0.29, 0.717) is 13.1 Å². The minimum Gasteiger partial charge on any atom is -0.311 e. The topological polar surface area (TPSA) is 80.1 Å². The van der Waals surface area contributed by atoms with Crippen molar-refractivity contribution >= 4 is 10.0 Å². The zero-order chi connectivity index (χ0) is 12.6. The van der Waals surface area contributed by atoms with Gasteiger partial charge in [0, 0.05) is 32.2 Å². The molecular formula is C9H17N5O2S. The van der Waals surface area contributed by atoms with E-state index in [2.05, 4.69) is 15.6 Å². The Morgan fingerprint density at radius 2 is 2.18 bits per heavy atom. The second-order valence-corrected chi connectivity index (χ2v) is 6.30. The third-order valence-electron chi connectivity index (χ3n) is 2.86. The second kappa shape index (κ2) is 4.35. The van der Waals surface area contributed by atoms with Crippen molar-refractivity contribution in [2.75, 3.05) is 13.1 Å². The molecule has 1 aromatic heterocycles. The molecule has 0 aromatic carbocycles. The van der Waals surface area contributed by atoms with E-state index in [-0.39, 0.29) is 17.1 Å². The lowest BCUT2D eigenvalue weighted by Crippen LogP contribution is -2.56. The van der Waals surface area contributed by atoms with Gasteiger partial charge < -0.3 is 5.32 Å². The molecule has 1 aliphatic heterocycles. The quantitative estimate of drug-likeness (QED) is 0.751. The smallest absolute Gasteiger partial charge is 0.264 e. The molecule has 1 N–H and O–H groups in total. The fourth-order valence-corrected chi connectivity index (χ4v) is 3.52. The van der Waals surface area contributed by atoms with Crippen LogP contribution in [0.1, 0.15) is 13.8 Å². The van der Waals surface area contributed by atoms with Gasteiger partial charge >= 0.3 is 0 Å². The van der Waals surface area contributed by atoms with Gasteiger partial charge in [0.15, 0.2) is 0 Å². The molecular weight excluding hydrogens is 242 g/mol. The number of hydrogen-bond acceptors (Lipinski definition) is 5. The molecule has 1 saturated heterocycles. The van der Waals surface area contributed by atoms with Gasteiger partial charge in [0.2, 0.25) is 5.03 Å². The molecule has 2 rings (SSSR count). The fraction of sp³-hybridized carbons (Fsp3) is 0.778. The predicted octanol–water partition coefficient (Wildman–Crippen LogP) is -0.814. The van der Waals surface area contributed by atoms with E-state index in [4.69, 9.17) is 0 Å². The van der Waals surface area contributed by atoms with E-state index in [9.17, 15) is 8.42 Å². The van der Waals surface area contributed by atoms with Crippen LogP contribution >= 0.6 is 0 Å². The molecule has 17 heavy (non-hydrogen) atoms. The summed E-state index contributed by atoms with van der Waals surface area (Å²) >= 11 is 0. The molecule has 0 amide bonds. The largest absolute Gasteiger partial charge is 0.311 e. The van der Waals surface area contributed by atoms with Crippen molar-refractivity contribution in [1.82, 2.24) is 24.6 Å². The maximum atomic E-state index is 12.3. The summed E-state index contributed by atoms with van der Waals surface area (Å²) in [6.45, 7) is 4.96. The zero-order valence-electron chi connectivity index (χ0n) is 10.2. The number of sulfonamides is 1. The van der Waals surface area contributed by atoms with Crippen LogP contribution in [0.3, 0.4) is 0 Å². The van der Waals surface area contributed by atoms with Gasteiger partial charge in [-0.15, -0.1) is 5.10 Å². The first kappa shape index (κ1) is 12.5. The van der Waals surface area contributed by atoms with Crippen LogP contribution in [-0.2, 0) is 17.1 Å². The second-order valence-electron chi connectivity index (χ2n) is 4.46. The number of aryl methyl sites for hydroxylation is 1. The number of aromatic nitrogens is 3. The van der Waals surface area contributed by atoms with Crippen LogP contribution in [0.4, 0.5) is 0 Å². The third-order valence-corrected chi connectivity index (χ3v) is 4.70. The standard InChI is InChI=1S/C9H17N5O2S/c1-7-5-14(8(2)4-10-7)17(15,16)9-6-13(3)12-11-9/h6-8,10H,4-5H2,1-3H3. The molecule has 2 unspecified atom stereocenters. The van der Waals surface area contributed by atoms with Gasteiger partial charge in [0.25, 0.3) is 10.0 Å². The Bertz CT molecular complexity index is 497. The van der Waals surface area contributed by atoms with Crippen molar-refractivity contribution in [2.45, 2.75) is 31.0 Å². The molecule has 1 fully saturated rings. The van der Waals surface area contributed by atoms with Crippen molar-refractivity contribution in [3.63, 3.8) is 0 Å². The van der Waals surface area contributed by atoms with Crippen LogP contribution in [0, 0.1) is 0 Å². The van der Waals surface area contributed by atoms with E-state index in [1.54, 1.807) is 7.05 Å². The van der Waals surface area contributed by atoms with Crippen LogP contribution in [0.2, 0.25) is 0 Å². The summed E-state index contributed by atoms with van der Waals surface area (Å²) in [5.41, 5.74) is 0. The molecule has 0 spiro atoms. The first-order chi connectivity index (χ1) is 7.91. The highest BCUT2D eigenvalue weighted by Crippen LogP contribution is 2.18. The highest BCUT2D eigenvalue weighted by molar-refractivity contribution is 7.89. The summed E-state index contributed by atoms with van der Waals surface area (Å²) in [6, 6.07) is 0.0795. The van der Waals surface area contributed by atoms with Crippen LogP contribution < -0.4 is 5.32 Å². The molecule has 1 aromatic rings. The van der Waals surface area contributed by atoms with E-state index < -0.39 is 10.0 Å². The van der Waals surface area contributed by atoms with E-state index in [1.165, 1.54) is 15.2 Å². The molecule has 2 atom stereocenters. The van der Waals surface area contributed by atoms with Gasteiger partial charge in [-0.2, -0.15) is 4.31 Å². The zero-order valence-corrected chi connectivity index (χ0v) is 11.0. The van der Waals surface area contributed by atoms with Gasteiger partial charge in [-0.05, 0) is 13.8 Å². The van der Waals surface area contributed by atoms with E-state index in [1.807, 2.05) is 13.8 Å². The summed E-state index contributed by atoms with van der Waals surface area (Å²) in [6.07, 6.45) is 1.43. The molecule has 1 aliphatic rings. The minimum absolute atomic E-state index is 0.0148. The van der Waals surface area contributed by atoms with Crippen LogP contribution in [-0.4, -0.2) is 52.9 Å². The lowest BCUT2D eigenvalue weighted by Gasteiger charge is -2.35. The Kier molecular flexibility index (Phi) is 3.19. The van der Waals surface area contributed by atoms with Crippen molar-refractivity contribution in [1.29, 1.82) is 0 Å². The Morgan fingerprint density at radius 1 is 1.47 bits per heavy atom. The SMILES string of the molecule is CC1CN(S(=O)(=O)c2cn(C)nn2)C(C)CN1. The number of rotatable bonds is 2. The summed E-state index contributed by atoms with van der Waals surface area (Å²) in [7, 11) is -1.88. The van der Waals surface area contributed by atoms with Gasteiger partial charge in [0.1, 0.15) is 0 Å². The normalized spacial score (nSPS) is 27.2. The highest BCUT2D eigenvalue weighted by Gasteiger charge is 2.34.